The minimum atomic E-state index is -2.93. The second-order valence-electron chi connectivity index (χ2n) is 5.46. The van der Waals surface area contributed by atoms with Gasteiger partial charge in [0, 0.05) is 24.2 Å². The van der Waals surface area contributed by atoms with E-state index in [9.17, 15) is 18.5 Å². The van der Waals surface area contributed by atoms with Crippen molar-refractivity contribution in [2.45, 2.75) is 38.3 Å². The SMILES string of the molecule is CCCC(NC1CCS(=O)(=O)C1)c1cccc([N+](=O)[O-])c1. The molecule has 0 amide bonds. The van der Waals surface area contributed by atoms with Crippen molar-refractivity contribution in [1.29, 1.82) is 0 Å². The van der Waals surface area contributed by atoms with Gasteiger partial charge in [0.05, 0.1) is 16.4 Å². The highest BCUT2D eigenvalue weighted by atomic mass is 32.2. The molecule has 1 aliphatic heterocycles. The van der Waals surface area contributed by atoms with E-state index in [2.05, 4.69) is 5.32 Å². The fourth-order valence-corrected chi connectivity index (χ4v) is 4.39. The quantitative estimate of drug-likeness (QED) is 0.642. The van der Waals surface area contributed by atoms with Gasteiger partial charge in [-0.2, -0.15) is 0 Å². The van der Waals surface area contributed by atoms with Gasteiger partial charge in [-0.25, -0.2) is 8.42 Å². The zero-order valence-corrected chi connectivity index (χ0v) is 12.8. The molecule has 21 heavy (non-hydrogen) atoms. The number of nitrogens with zero attached hydrogens (tertiary/aromatic N) is 1. The Labute approximate surface area is 124 Å². The third-order valence-corrected chi connectivity index (χ3v) is 5.50. The average Bonchev–Trinajstić information content (AvgIpc) is 2.77. The van der Waals surface area contributed by atoms with E-state index in [4.69, 9.17) is 0 Å². The summed E-state index contributed by atoms with van der Waals surface area (Å²) in [6, 6.07) is 6.44. The van der Waals surface area contributed by atoms with Crippen LogP contribution in [0.3, 0.4) is 0 Å². The summed E-state index contributed by atoms with van der Waals surface area (Å²) in [6.07, 6.45) is 2.34. The number of hydrogen-bond donors (Lipinski definition) is 1. The summed E-state index contributed by atoms with van der Waals surface area (Å²) >= 11 is 0. The number of nitro benzene ring substituents is 1. The number of non-ortho nitro benzene ring substituents is 1. The van der Waals surface area contributed by atoms with Crippen LogP contribution in [0.5, 0.6) is 0 Å². The lowest BCUT2D eigenvalue weighted by Crippen LogP contribution is -2.33. The fraction of sp³-hybridized carbons (Fsp3) is 0.571. The van der Waals surface area contributed by atoms with Gasteiger partial charge in [-0.1, -0.05) is 25.5 Å². The highest BCUT2D eigenvalue weighted by Crippen LogP contribution is 2.25. The van der Waals surface area contributed by atoms with E-state index in [1.54, 1.807) is 12.1 Å². The van der Waals surface area contributed by atoms with E-state index < -0.39 is 14.8 Å². The number of benzene rings is 1. The maximum absolute atomic E-state index is 11.5. The Kier molecular flexibility index (Phi) is 4.95. The molecule has 1 fully saturated rings. The Bertz CT molecular complexity index is 615. The molecule has 116 valence electrons. The van der Waals surface area contributed by atoms with Gasteiger partial charge in [0.1, 0.15) is 0 Å². The average molecular weight is 312 g/mol. The highest BCUT2D eigenvalue weighted by Gasteiger charge is 2.29. The molecular weight excluding hydrogens is 292 g/mol. The second kappa shape index (κ2) is 6.53. The molecule has 1 saturated heterocycles. The standard InChI is InChI=1S/C14H20N2O4S/c1-2-4-14(15-12-7-8-21(19,20)10-12)11-5-3-6-13(9-11)16(17)18/h3,5-6,9,12,14-15H,2,4,7-8,10H2,1H3. The van der Waals surface area contributed by atoms with E-state index in [1.165, 1.54) is 6.07 Å². The first-order valence-electron chi connectivity index (χ1n) is 7.12. The monoisotopic (exact) mass is 312 g/mol. The van der Waals surface area contributed by atoms with Crippen LogP contribution in [0, 0.1) is 10.1 Å². The number of nitro groups is 1. The summed E-state index contributed by atoms with van der Waals surface area (Å²) in [5.74, 6) is 0.376. The lowest BCUT2D eigenvalue weighted by molar-refractivity contribution is -0.384. The minimum absolute atomic E-state index is 0.0480. The first kappa shape index (κ1) is 15.9. The van der Waals surface area contributed by atoms with Gasteiger partial charge in [0.2, 0.25) is 0 Å². The molecule has 1 N–H and O–H groups in total. The Hall–Kier alpha value is -1.47. The first-order chi connectivity index (χ1) is 9.91. The lowest BCUT2D eigenvalue weighted by Gasteiger charge is -2.22. The second-order valence-corrected chi connectivity index (χ2v) is 7.69. The predicted molar refractivity (Wildman–Crippen MR) is 80.9 cm³/mol. The van der Waals surface area contributed by atoms with Crippen molar-refractivity contribution in [2.24, 2.45) is 0 Å². The van der Waals surface area contributed by atoms with Crippen molar-refractivity contribution in [2.75, 3.05) is 11.5 Å². The van der Waals surface area contributed by atoms with Gasteiger partial charge in [0.15, 0.2) is 9.84 Å². The Balaban J connectivity index is 2.15. The minimum Gasteiger partial charge on any atom is -0.306 e. The molecule has 0 saturated carbocycles. The molecule has 0 radical (unpaired) electrons. The van der Waals surface area contributed by atoms with Crippen LogP contribution >= 0.6 is 0 Å². The van der Waals surface area contributed by atoms with Gasteiger partial charge >= 0.3 is 0 Å². The zero-order valence-electron chi connectivity index (χ0n) is 12.0. The highest BCUT2D eigenvalue weighted by molar-refractivity contribution is 7.91. The van der Waals surface area contributed by atoms with Crippen LogP contribution in [0.25, 0.3) is 0 Å². The molecule has 0 aromatic heterocycles. The fourth-order valence-electron chi connectivity index (χ4n) is 2.70. The van der Waals surface area contributed by atoms with Crippen LogP contribution in [0.15, 0.2) is 24.3 Å². The Morgan fingerprint density at radius 1 is 1.48 bits per heavy atom. The maximum atomic E-state index is 11.5. The molecule has 0 bridgehead atoms. The lowest BCUT2D eigenvalue weighted by atomic mass is 10.0. The van der Waals surface area contributed by atoms with Crippen LogP contribution < -0.4 is 5.32 Å². The summed E-state index contributed by atoms with van der Waals surface area (Å²) in [5, 5.41) is 14.2. The van der Waals surface area contributed by atoms with Crippen molar-refractivity contribution in [3.63, 3.8) is 0 Å². The van der Waals surface area contributed by atoms with Crippen molar-refractivity contribution in [3.8, 4) is 0 Å². The van der Waals surface area contributed by atoms with Gasteiger partial charge < -0.3 is 5.32 Å². The van der Waals surface area contributed by atoms with Crippen molar-refractivity contribution < 1.29 is 13.3 Å². The topological polar surface area (TPSA) is 89.3 Å². The van der Waals surface area contributed by atoms with E-state index in [0.29, 0.717) is 6.42 Å². The van der Waals surface area contributed by atoms with Crippen LogP contribution in [-0.4, -0.2) is 30.9 Å². The van der Waals surface area contributed by atoms with E-state index in [1.807, 2.05) is 13.0 Å². The van der Waals surface area contributed by atoms with Gasteiger partial charge in [0.25, 0.3) is 5.69 Å². The van der Waals surface area contributed by atoms with E-state index >= 15 is 0 Å². The van der Waals surface area contributed by atoms with Crippen molar-refractivity contribution >= 4 is 15.5 Å². The molecule has 0 spiro atoms. The summed E-state index contributed by atoms with van der Waals surface area (Å²) < 4.78 is 23.1. The van der Waals surface area contributed by atoms with Crippen LogP contribution in [0.1, 0.15) is 37.8 Å². The smallest absolute Gasteiger partial charge is 0.269 e. The molecule has 1 aliphatic rings. The van der Waals surface area contributed by atoms with E-state index in [-0.39, 0.29) is 29.3 Å². The molecular formula is C14H20N2O4S. The molecule has 0 aliphatic carbocycles. The third kappa shape index (κ3) is 4.25. The Morgan fingerprint density at radius 3 is 2.81 bits per heavy atom. The first-order valence-corrected chi connectivity index (χ1v) is 8.94. The molecule has 7 heteroatoms. The summed E-state index contributed by atoms with van der Waals surface area (Å²) in [6.45, 7) is 2.04. The van der Waals surface area contributed by atoms with Crippen LogP contribution in [0.4, 0.5) is 5.69 Å². The summed E-state index contributed by atoms with van der Waals surface area (Å²) in [4.78, 5) is 10.5. The number of sulfone groups is 1. The molecule has 6 nitrogen and oxygen atoms in total. The number of rotatable bonds is 6. The zero-order chi connectivity index (χ0) is 15.5. The largest absolute Gasteiger partial charge is 0.306 e. The van der Waals surface area contributed by atoms with Gasteiger partial charge in [-0.05, 0) is 18.4 Å². The van der Waals surface area contributed by atoms with Gasteiger partial charge in [-0.15, -0.1) is 0 Å². The summed E-state index contributed by atoms with van der Waals surface area (Å²) in [7, 11) is -2.93. The normalized spacial score (nSPS) is 22.0. The molecule has 2 atom stereocenters. The number of nitrogens with one attached hydrogen (secondary N) is 1. The predicted octanol–water partition coefficient (Wildman–Crippen LogP) is 2.21. The third-order valence-electron chi connectivity index (χ3n) is 3.73. The molecule has 1 heterocycles. The van der Waals surface area contributed by atoms with Crippen LogP contribution in [-0.2, 0) is 9.84 Å². The molecule has 1 aromatic rings. The summed E-state index contributed by atoms with van der Waals surface area (Å²) in [5.41, 5.74) is 0.907. The molecule has 2 rings (SSSR count). The molecule has 1 aromatic carbocycles. The number of hydrogen-bond acceptors (Lipinski definition) is 5. The maximum Gasteiger partial charge on any atom is 0.269 e. The molecule has 2 unspecified atom stereocenters. The van der Waals surface area contributed by atoms with Crippen LogP contribution in [0.2, 0.25) is 0 Å². The Morgan fingerprint density at radius 2 is 2.24 bits per heavy atom. The van der Waals surface area contributed by atoms with Crippen molar-refractivity contribution in [3.05, 3.63) is 39.9 Å². The van der Waals surface area contributed by atoms with Crippen molar-refractivity contribution in [1.82, 2.24) is 5.32 Å². The van der Waals surface area contributed by atoms with E-state index in [0.717, 1.165) is 18.4 Å². The van der Waals surface area contributed by atoms with Gasteiger partial charge in [-0.3, -0.25) is 10.1 Å².